The summed E-state index contributed by atoms with van der Waals surface area (Å²) in [6.45, 7) is 7.31. The van der Waals surface area contributed by atoms with Crippen molar-refractivity contribution in [3.8, 4) is 23.0 Å². The van der Waals surface area contributed by atoms with Gasteiger partial charge in [0.2, 0.25) is 5.54 Å². The van der Waals surface area contributed by atoms with Crippen molar-refractivity contribution in [1.82, 2.24) is 0 Å². The molecular formula is C27H37NO7S. The summed E-state index contributed by atoms with van der Waals surface area (Å²) in [4.78, 5) is 13.1. The molecule has 0 saturated carbocycles. The molecule has 198 valence electrons. The minimum atomic E-state index is -1.72. The SMILES string of the molecule is CC[N+](CC)(CC)C(C[S+]([O-])C=Cc1c(OC)cc(OC)cc1OC)(C(=O)[O-])c1ccccc1OC. The predicted octanol–water partition coefficient (Wildman–Crippen LogP) is 2.96. The first-order valence-electron chi connectivity index (χ1n) is 11.8. The number of carbonyl (C=O) groups excluding carboxylic acids is 1. The van der Waals surface area contributed by atoms with Gasteiger partial charge in [0.25, 0.3) is 0 Å². The lowest BCUT2D eigenvalue weighted by atomic mass is 9.85. The molecule has 36 heavy (non-hydrogen) atoms. The topological polar surface area (TPSA) is 100 Å². The van der Waals surface area contributed by atoms with Crippen molar-refractivity contribution >= 4 is 23.2 Å². The van der Waals surface area contributed by atoms with Crippen molar-refractivity contribution in [2.45, 2.75) is 26.3 Å². The zero-order valence-corrected chi connectivity index (χ0v) is 23.0. The maximum absolute atomic E-state index is 13.6. The Balaban J connectivity index is 2.67. The van der Waals surface area contributed by atoms with Crippen molar-refractivity contribution in [2.24, 2.45) is 0 Å². The number of carboxylic acids is 1. The highest BCUT2D eigenvalue weighted by Gasteiger charge is 2.56. The molecule has 0 aromatic heterocycles. The van der Waals surface area contributed by atoms with Crippen molar-refractivity contribution in [2.75, 3.05) is 53.8 Å². The molecule has 0 aliphatic heterocycles. The van der Waals surface area contributed by atoms with Crippen molar-refractivity contribution in [3.05, 3.63) is 52.9 Å². The molecule has 0 N–H and O–H groups in total. The summed E-state index contributed by atoms with van der Waals surface area (Å²) >= 11 is -1.72. The number of hydrogen-bond acceptors (Lipinski definition) is 7. The molecule has 0 radical (unpaired) electrons. The highest BCUT2D eigenvalue weighted by molar-refractivity contribution is 7.94. The van der Waals surface area contributed by atoms with Gasteiger partial charge in [-0.2, -0.15) is 0 Å². The zero-order valence-electron chi connectivity index (χ0n) is 22.2. The maximum atomic E-state index is 13.6. The molecule has 0 fully saturated rings. The first-order valence-corrected chi connectivity index (χ1v) is 13.2. The fraction of sp³-hybridized carbons (Fsp3) is 0.444. The normalized spacial score (nSPS) is 14.2. The maximum Gasteiger partial charge on any atom is 0.214 e. The number of carbonyl (C=O) groups is 1. The van der Waals surface area contributed by atoms with E-state index in [-0.39, 0.29) is 10.2 Å². The Labute approximate surface area is 217 Å². The van der Waals surface area contributed by atoms with Crippen LogP contribution in [0, 0.1) is 0 Å². The second-order valence-corrected chi connectivity index (χ2v) is 9.54. The minimum absolute atomic E-state index is 0.143. The molecule has 0 bridgehead atoms. The lowest BCUT2D eigenvalue weighted by Gasteiger charge is -2.52. The molecule has 0 aliphatic rings. The number of benzene rings is 2. The van der Waals surface area contributed by atoms with Crippen LogP contribution in [0.3, 0.4) is 0 Å². The van der Waals surface area contributed by atoms with Crippen molar-refractivity contribution in [1.29, 1.82) is 0 Å². The Bertz CT molecular complexity index is 1020. The third-order valence-corrected chi connectivity index (χ3v) is 8.15. The van der Waals surface area contributed by atoms with Gasteiger partial charge in [-0.15, -0.1) is 0 Å². The quantitative estimate of drug-likeness (QED) is 0.279. The van der Waals surface area contributed by atoms with Gasteiger partial charge in [-0.05, 0) is 44.1 Å². The lowest BCUT2D eigenvalue weighted by Crippen LogP contribution is -2.71. The zero-order chi connectivity index (χ0) is 26.9. The summed E-state index contributed by atoms with van der Waals surface area (Å²) in [6, 6.07) is 10.4. The van der Waals surface area contributed by atoms with E-state index in [1.165, 1.54) is 33.8 Å². The van der Waals surface area contributed by atoms with Crippen LogP contribution in [0.15, 0.2) is 41.8 Å². The first kappa shape index (κ1) is 29.4. The van der Waals surface area contributed by atoms with E-state index in [1.807, 2.05) is 20.8 Å². The van der Waals surface area contributed by atoms with E-state index in [0.717, 1.165) is 0 Å². The third-order valence-electron chi connectivity index (χ3n) is 7.01. The van der Waals surface area contributed by atoms with Crippen LogP contribution >= 0.6 is 0 Å². The van der Waals surface area contributed by atoms with Crippen LogP contribution in [-0.4, -0.2) is 68.8 Å². The Kier molecular flexibility index (Phi) is 10.5. The average molecular weight is 520 g/mol. The van der Waals surface area contributed by atoms with Gasteiger partial charge in [0.15, 0.2) is 5.75 Å². The smallest absolute Gasteiger partial charge is 0.214 e. The number of ether oxygens (including phenoxy) is 4. The van der Waals surface area contributed by atoms with E-state index < -0.39 is 22.7 Å². The number of methoxy groups -OCH3 is 4. The molecule has 2 aromatic rings. The van der Waals surface area contributed by atoms with E-state index in [0.29, 0.717) is 53.8 Å². The Morgan fingerprint density at radius 3 is 1.89 bits per heavy atom. The molecule has 0 saturated heterocycles. The summed E-state index contributed by atoms with van der Waals surface area (Å²) in [6.07, 6.45) is 1.62. The molecule has 0 amide bonds. The van der Waals surface area contributed by atoms with E-state index in [2.05, 4.69) is 0 Å². The summed E-state index contributed by atoms with van der Waals surface area (Å²) in [5, 5.41) is 14.6. The second kappa shape index (κ2) is 12.9. The van der Waals surface area contributed by atoms with Crippen LogP contribution in [0.4, 0.5) is 0 Å². The van der Waals surface area contributed by atoms with Gasteiger partial charge in [-0.1, -0.05) is 12.1 Å². The number of carboxylic acid groups (broad SMARTS) is 1. The molecule has 2 rings (SSSR count). The summed E-state index contributed by atoms with van der Waals surface area (Å²) < 4.78 is 35.5. The van der Waals surface area contributed by atoms with Gasteiger partial charge in [0.05, 0.1) is 59.2 Å². The summed E-state index contributed by atoms with van der Waals surface area (Å²) in [7, 11) is 6.06. The van der Waals surface area contributed by atoms with Gasteiger partial charge < -0.3 is 37.9 Å². The second-order valence-electron chi connectivity index (χ2n) is 8.22. The number of quaternary nitrogens is 1. The molecular weight excluding hydrogens is 482 g/mol. The molecule has 2 unspecified atom stereocenters. The number of likely N-dealkylation sites (N-methyl/N-ethyl adjacent to an activating group) is 1. The van der Waals surface area contributed by atoms with Crippen molar-refractivity contribution in [3.63, 3.8) is 0 Å². The third kappa shape index (κ3) is 5.43. The largest absolute Gasteiger partial charge is 0.612 e. The molecule has 2 atom stereocenters. The summed E-state index contributed by atoms with van der Waals surface area (Å²) in [5.41, 5.74) is -0.610. The van der Waals surface area contributed by atoms with Crippen LogP contribution in [0.25, 0.3) is 6.08 Å². The fourth-order valence-electron chi connectivity index (χ4n) is 4.89. The van der Waals surface area contributed by atoms with Crippen LogP contribution in [-0.2, 0) is 21.5 Å². The Morgan fingerprint density at radius 1 is 0.917 bits per heavy atom. The molecule has 8 nitrogen and oxygen atoms in total. The molecule has 0 spiro atoms. The number of rotatable bonds is 14. The number of nitrogens with zero attached hydrogens (tertiary/aromatic N) is 1. The molecule has 9 heteroatoms. The lowest BCUT2D eigenvalue weighted by molar-refractivity contribution is -0.969. The van der Waals surface area contributed by atoms with Crippen LogP contribution < -0.4 is 24.1 Å². The first-order chi connectivity index (χ1) is 17.2. The standard InChI is InChI=1S/C27H37NO7S/c1-8-28(9-2,10-3)27(26(29)30,22-13-11-12-14-23(22)33-5)19-36(31)16-15-21-24(34-6)17-20(32-4)18-25(21)35-7/h11-18H,8-10,19H2,1-7H3. The van der Waals surface area contributed by atoms with Crippen molar-refractivity contribution < 1.29 is 37.9 Å². The van der Waals surface area contributed by atoms with Gasteiger partial charge in [-0.25, -0.2) is 0 Å². The van der Waals surface area contributed by atoms with Gasteiger partial charge in [0.1, 0.15) is 34.4 Å². The van der Waals surface area contributed by atoms with Gasteiger partial charge >= 0.3 is 0 Å². The van der Waals surface area contributed by atoms with Crippen LogP contribution in [0.5, 0.6) is 23.0 Å². The highest BCUT2D eigenvalue weighted by Crippen LogP contribution is 2.42. The minimum Gasteiger partial charge on any atom is -0.612 e. The highest BCUT2D eigenvalue weighted by atomic mass is 32.2. The fourth-order valence-corrected chi connectivity index (χ4v) is 6.24. The van der Waals surface area contributed by atoms with Gasteiger partial charge in [-0.3, -0.25) is 0 Å². The molecule has 2 aromatic carbocycles. The Morgan fingerprint density at radius 2 is 1.44 bits per heavy atom. The predicted molar refractivity (Wildman–Crippen MR) is 140 cm³/mol. The monoisotopic (exact) mass is 519 g/mol. The molecule has 0 aliphatic carbocycles. The Hall–Kier alpha value is -2.88. The van der Waals surface area contributed by atoms with E-state index in [4.69, 9.17) is 18.9 Å². The van der Waals surface area contributed by atoms with E-state index in [1.54, 1.807) is 42.5 Å². The van der Waals surface area contributed by atoms with E-state index in [9.17, 15) is 14.5 Å². The van der Waals surface area contributed by atoms with Crippen LogP contribution in [0.1, 0.15) is 31.9 Å². The van der Waals surface area contributed by atoms with Crippen LogP contribution in [0.2, 0.25) is 0 Å². The van der Waals surface area contributed by atoms with Gasteiger partial charge in [0, 0.05) is 18.2 Å². The number of para-hydroxylation sites is 1. The average Bonchev–Trinajstić information content (AvgIpc) is 2.91. The number of aliphatic carboxylic acids is 1. The summed E-state index contributed by atoms with van der Waals surface area (Å²) in [5.74, 6) is 0.401. The van der Waals surface area contributed by atoms with E-state index >= 15 is 0 Å². The molecule has 0 heterocycles. The number of hydrogen-bond donors (Lipinski definition) is 0.